The second kappa shape index (κ2) is 34.2. The molecule has 25 nitrogen and oxygen atoms in total. The summed E-state index contributed by atoms with van der Waals surface area (Å²) in [7, 11) is 0.946. The summed E-state index contributed by atoms with van der Waals surface area (Å²) in [6.07, 6.45) is 23.0. The van der Waals surface area contributed by atoms with E-state index < -0.39 is 7.82 Å². The summed E-state index contributed by atoms with van der Waals surface area (Å²) in [6.45, 7) is 2.18. The van der Waals surface area contributed by atoms with Crippen LogP contribution in [0.4, 0.5) is 35.3 Å². The molecule has 0 spiro atoms. The van der Waals surface area contributed by atoms with Gasteiger partial charge in [-0.3, -0.25) is 13.6 Å². The minimum Gasteiger partial charge on any atom is -0.497 e. The van der Waals surface area contributed by atoms with Crippen molar-refractivity contribution in [2.24, 2.45) is 0 Å². The lowest BCUT2D eigenvalue weighted by Crippen LogP contribution is -2.16. The van der Waals surface area contributed by atoms with Crippen LogP contribution in [-0.2, 0) is 18.1 Å². The van der Waals surface area contributed by atoms with Gasteiger partial charge in [-0.2, -0.15) is 15.3 Å². The van der Waals surface area contributed by atoms with Crippen molar-refractivity contribution in [3.05, 3.63) is 164 Å². The fourth-order valence-electron chi connectivity index (χ4n) is 14.7. The predicted molar refractivity (Wildman–Crippen MR) is 421 cm³/mol. The zero-order chi connectivity index (χ0) is 72.7. The summed E-state index contributed by atoms with van der Waals surface area (Å²) in [5.41, 5.74) is 12.8. The molecule has 26 heteroatoms. The van der Waals surface area contributed by atoms with E-state index in [2.05, 4.69) is 65.1 Å². The maximum Gasteiger partial charge on any atom is 0.474 e. The van der Waals surface area contributed by atoms with Crippen LogP contribution >= 0.6 is 7.82 Å². The number of phosphoric acid groups is 1. The summed E-state index contributed by atoms with van der Waals surface area (Å²) >= 11 is 0. The van der Waals surface area contributed by atoms with E-state index in [-0.39, 0.29) is 19.8 Å². The van der Waals surface area contributed by atoms with E-state index in [0.717, 1.165) is 157 Å². The highest BCUT2D eigenvalue weighted by Gasteiger charge is 2.29. The Labute approximate surface area is 623 Å². The van der Waals surface area contributed by atoms with Gasteiger partial charge in [0, 0.05) is 73.0 Å². The van der Waals surface area contributed by atoms with Crippen molar-refractivity contribution in [2.45, 2.75) is 134 Å². The van der Waals surface area contributed by atoms with Crippen molar-refractivity contribution < 1.29 is 32.3 Å². The number of benzene rings is 3. The number of hydrogen-bond acceptors (Lipinski definition) is 22. The number of aromatic nitrogens is 12. The second-order valence-electron chi connectivity index (χ2n) is 27.5. The zero-order valence-electron chi connectivity index (χ0n) is 61.0. The third-order valence-corrected chi connectivity index (χ3v) is 21.7. The van der Waals surface area contributed by atoms with Gasteiger partial charge >= 0.3 is 7.82 Å². The molecule has 0 amide bonds. The SMILES string of the molecule is COc1ccc(-c2nn3c(NCCCCOP(=O)(OCCCCNc4cccc5c(-c6ccnc(NC7CCCC7)n6)c(-c6ccc(OC)cc6)nn45)OCCCCNc4cccc5c(-c6ccnc(NC7CCCC7)n6)c(-c6ccc(OC)cc6)nn45)cccc3c2-c2ccnc(NC3CCCC3)n2)cc1. The summed E-state index contributed by atoms with van der Waals surface area (Å²) in [5.74, 6) is 6.53. The molecule has 3 aromatic carbocycles. The Bertz CT molecular complexity index is 4510. The predicted octanol–water partition coefficient (Wildman–Crippen LogP) is 17.2. The minimum atomic E-state index is -4.05. The monoisotopic (exact) mass is 1460 g/mol. The molecular weight excluding hydrogens is 1370 g/mol. The van der Waals surface area contributed by atoms with Crippen molar-refractivity contribution in [1.29, 1.82) is 0 Å². The summed E-state index contributed by atoms with van der Waals surface area (Å²) < 4.78 is 55.9. The van der Waals surface area contributed by atoms with Crippen molar-refractivity contribution in [3.63, 3.8) is 0 Å². The van der Waals surface area contributed by atoms with Crippen molar-refractivity contribution in [3.8, 4) is 84.8 Å². The maximum absolute atomic E-state index is 14.8. The lowest BCUT2D eigenvalue weighted by atomic mass is 10.0. The number of ether oxygens (including phenoxy) is 3. The maximum atomic E-state index is 14.8. The number of unbranched alkanes of at least 4 members (excludes halogenated alkanes) is 3. The van der Waals surface area contributed by atoms with Gasteiger partial charge in [-0.15, -0.1) is 0 Å². The average molecular weight is 1460 g/mol. The number of pyridine rings is 3. The highest BCUT2D eigenvalue weighted by molar-refractivity contribution is 7.48. The first-order valence-corrected chi connectivity index (χ1v) is 39.2. The molecule has 9 aromatic heterocycles. The second-order valence-corrected chi connectivity index (χ2v) is 29.2. The van der Waals surface area contributed by atoms with Crippen LogP contribution in [0.25, 0.3) is 84.1 Å². The normalized spacial score (nSPS) is 14.3. The molecule has 12 aromatic rings. The van der Waals surface area contributed by atoms with Crippen LogP contribution in [0.3, 0.4) is 0 Å². The highest BCUT2D eigenvalue weighted by atomic mass is 31.2. The van der Waals surface area contributed by atoms with E-state index in [9.17, 15) is 4.57 Å². The first kappa shape index (κ1) is 71.9. The van der Waals surface area contributed by atoms with Gasteiger partial charge in [-0.05, 0) is 204 Å². The van der Waals surface area contributed by atoms with Gasteiger partial charge in [0.05, 0.1) is 91.5 Å². The van der Waals surface area contributed by atoms with Crippen LogP contribution in [0.2, 0.25) is 0 Å². The standard InChI is InChI=1S/C81H93N18O7P/c1-101-61-37-31-55(32-38-61)76-73(64-43-49-85-79(91-64)88-58-19-4-5-20-58)67-25-16-28-70(97(67)94-76)82-46-10-13-52-104-107(100,105-53-14-11-47-83-71-29-17-26-68-74(65-44-50-86-80(92-65)89-59-21-6-7-22-59)77(95-98(68)71)56-33-39-62(102-2)40-34-56)106-54-15-12-48-84-72-30-18-27-69-75(66-45-51-87-81(93-66)90-60-23-8-9-24-60)78(96-99(69)72)57-35-41-63(103-3)42-36-57/h16-18,25-45,49-51,58-60,82-84H,4-15,19-24,46-48,52-54H2,1-3H3,(H,85,88,91)(H,86,89,92)(H,87,90,93). The molecule has 0 unspecified atom stereocenters. The van der Waals surface area contributed by atoms with Crippen LogP contribution in [0.5, 0.6) is 17.2 Å². The topological polar surface area (TPSA) is 274 Å². The molecule has 3 aliphatic carbocycles. The Morgan fingerprint density at radius 2 is 0.664 bits per heavy atom. The van der Waals surface area contributed by atoms with Gasteiger partial charge < -0.3 is 46.1 Å². The number of phosphoric ester groups is 1. The average Bonchev–Trinajstić information content (AvgIpc) is 1.63. The number of fused-ring (bicyclic) bond motifs is 3. The summed E-state index contributed by atoms with van der Waals surface area (Å²) in [5, 5.41) is 37.3. The van der Waals surface area contributed by atoms with Crippen molar-refractivity contribution in [1.82, 2.24) is 58.7 Å². The van der Waals surface area contributed by atoms with Crippen molar-refractivity contribution in [2.75, 3.05) is 92.7 Å². The van der Waals surface area contributed by atoms with Gasteiger partial charge in [0.15, 0.2) is 0 Å². The molecule has 3 aliphatic rings. The van der Waals surface area contributed by atoms with E-state index in [1.54, 1.807) is 21.3 Å². The highest BCUT2D eigenvalue weighted by Crippen LogP contribution is 2.50. The quantitative estimate of drug-likeness (QED) is 0.0157. The number of rotatable bonds is 36. The van der Waals surface area contributed by atoms with E-state index in [1.807, 2.05) is 160 Å². The Morgan fingerprint density at radius 3 is 0.944 bits per heavy atom. The van der Waals surface area contributed by atoms with E-state index in [1.165, 1.54) is 38.5 Å². The number of nitrogens with one attached hydrogen (secondary N) is 6. The Balaban J connectivity index is 0.614. The van der Waals surface area contributed by atoms with Crippen LogP contribution in [0, 0.1) is 0 Å². The molecule has 9 heterocycles. The van der Waals surface area contributed by atoms with E-state index in [4.69, 9.17) is 58.0 Å². The number of anilines is 6. The van der Waals surface area contributed by atoms with Gasteiger partial charge in [-0.25, -0.2) is 48.0 Å². The number of methoxy groups -OCH3 is 3. The van der Waals surface area contributed by atoms with Crippen LogP contribution in [0.15, 0.2) is 164 Å². The Hall–Kier alpha value is -10.7. The number of nitrogens with zero attached hydrogens (tertiary/aromatic N) is 12. The van der Waals surface area contributed by atoms with Crippen molar-refractivity contribution >= 4 is 59.7 Å². The number of hydrogen-bond donors (Lipinski definition) is 6. The van der Waals surface area contributed by atoms with Crippen LogP contribution in [0.1, 0.15) is 116 Å². The largest absolute Gasteiger partial charge is 0.497 e. The van der Waals surface area contributed by atoms with Gasteiger partial charge in [-0.1, -0.05) is 56.7 Å². The molecule has 0 bridgehead atoms. The molecule has 0 radical (unpaired) electrons. The molecule has 107 heavy (non-hydrogen) atoms. The fourth-order valence-corrected chi connectivity index (χ4v) is 15.9. The molecule has 3 saturated carbocycles. The molecule has 3 fully saturated rings. The summed E-state index contributed by atoms with van der Waals surface area (Å²) in [6, 6.07) is 49.1. The molecule has 0 saturated heterocycles. The van der Waals surface area contributed by atoms with E-state index >= 15 is 0 Å². The van der Waals surface area contributed by atoms with Gasteiger partial charge in [0.1, 0.15) is 51.8 Å². The third kappa shape index (κ3) is 17.1. The first-order chi connectivity index (χ1) is 52.7. The molecule has 15 rings (SSSR count). The molecule has 554 valence electrons. The van der Waals surface area contributed by atoms with Gasteiger partial charge in [0.25, 0.3) is 0 Å². The Kier molecular flexibility index (Phi) is 23.0. The van der Waals surface area contributed by atoms with Crippen LogP contribution < -0.4 is 46.1 Å². The zero-order valence-corrected chi connectivity index (χ0v) is 61.9. The first-order valence-electron chi connectivity index (χ1n) is 37.8. The van der Waals surface area contributed by atoms with Crippen LogP contribution in [-0.4, -0.2) is 138 Å². The minimum absolute atomic E-state index is 0.147. The molecule has 0 aliphatic heterocycles. The fraction of sp³-hybridized carbons (Fsp3) is 0.370. The Morgan fingerprint density at radius 1 is 0.374 bits per heavy atom. The smallest absolute Gasteiger partial charge is 0.474 e. The third-order valence-electron chi connectivity index (χ3n) is 20.2. The van der Waals surface area contributed by atoms with Gasteiger partial charge in [0.2, 0.25) is 17.8 Å². The molecule has 6 N–H and O–H groups in total. The summed E-state index contributed by atoms with van der Waals surface area (Å²) in [4.78, 5) is 29.0. The lowest BCUT2D eigenvalue weighted by molar-refractivity contribution is 0.109. The lowest BCUT2D eigenvalue weighted by Gasteiger charge is -2.18. The van der Waals surface area contributed by atoms with E-state index in [0.29, 0.717) is 94.1 Å². The molecular formula is C81H93N18O7P. The molecule has 0 atom stereocenters.